The third-order valence-electron chi connectivity index (χ3n) is 5.03. The van der Waals surface area contributed by atoms with Crippen LogP contribution in [0.2, 0.25) is 10.0 Å². The molecule has 3 N–H and O–H groups in total. The predicted octanol–water partition coefficient (Wildman–Crippen LogP) is 5.67. The molecule has 4 aromatic rings. The van der Waals surface area contributed by atoms with Gasteiger partial charge in [-0.25, -0.2) is 10.2 Å². The molecule has 0 atom stereocenters. The second-order valence-electron chi connectivity index (χ2n) is 7.95. The summed E-state index contributed by atoms with van der Waals surface area (Å²) in [5.41, 5.74) is 4.22. The molecule has 12 nitrogen and oxygen atoms in total. The van der Waals surface area contributed by atoms with Gasteiger partial charge in [-0.2, -0.15) is 5.10 Å². The number of anilines is 2. The molecule has 3 amide bonds. The first kappa shape index (κ1) is 28.4. The molecule has 0 bridgehead atoms. The molecule has 0 unspecified atom stereocenters. The summed E-state index contributed by atoms with van der Waals surface area (Å²) in [4.78, 5) is 34.5. The molecule has 0 radical (unpaired) electrons. The van der Waals surface area contributed by atoms with Crippen LogP contribution >= 0.6 is 34.5 Å². The molecular weight excluding hydrogens is 581 g/mol. The lowest BCUT2D eigenvalue weighted by molar-refractivity contribution is -0.384. The minimum atomic E-state index is -0.615. The SMILES string of the molecule is O=C(Cc1nnc(NC(=O)Nc2ccc([N+](=O)[O-])cc2)s1)N/N=C\c1ccc(OCc2ccc(Cl)cc2Cl)cc1. The molecule has 3 aromatic carbocycles. The normalized spacial score (nSPS) is 10.8. The molecule has 0 aliphatic heterocycles. The number of hydrogen-bond donors (Lipinski definition) is 3. The van der Waals surface area contributed by atoms with Gasteiger partial charge in [0, 0.05) is 33.4 Å². The minimum absolute atomic E-state index is 0.0952. The molecule has 0 saturated carbocycles. The van der Waals surface area contributed by atoms with Crippen LogP contribution in [-0.4, -0.2) is 33.3 Å². The maximum absolute atomic E-state index is 12.2. The van der Waals surface area contributed by atoms with Crippen molar-refractivity contribution in [2.45, 2.75) is 13.0 Å². The number of nitro benzene ring substituents is 1. The van der Waals surface area contributed by atoms with E-state index in [2.05, 4.69) is 31.4 Å². The van der Waals surface area contributed by atoms with Crippen LogP contribution in [0.3, 0.4) is 0 Å². The smallest absolute Gasteiger partial charge is 0.325 e. The highest BCUT2D eigenvalue weighted by Crippen LogP contribution is 2.23. The third-order valence-corrected chi connectivity index (χ3v) is 6.45. The highest BCUT2D eigenvalue weighted by atomic mass is 35.5. The van der Waals surface area contributed by atoms with Crippen molar-refractivity contribution in [2.24, 2.45) is 5.10 Å². The Labute approximate surface area is 241 Å². The molecule has 0 saturated heterocycles. The molecule has 1 heterocycles. The van der Waals surface area contributed by atoms with E-state index in [0.717, 1.165) is 22.5 Å². The van der Waals surface area contributed by atoms with Gasteiger partial charge in [0.15, 0.2) is 0 Å². The summed E-state index contributed by atoms with van der Waals surface area (Å²) in [5.74, 6) is 0.211. The molecule has 1 aromatic heterocycles. The number of urea groups is 1. The van der Waals surface area contributed by atoms with E-state index >= 15 is 0 Å². The van der Waals surface area contributed by atoms with Crippen LogP contribution in [0.25, 0.3) is 0 Å². The van der Waals surface area contributed by atoms with Crippen LogP contribution < -0.4 is 20.8 Å². The summed E-state index contributed by atoms with van der Waals surface area (Å²) < 4.78 is 5.74. The van der Waals surface area contributed by atoms with Gasteiger partial charge in [0.05, 0.1) is 17.6 Å². The van der Waals surface area contributed by atoms with E-state index in [1.54, 1.807) is 42.5 Å². The quantitative estimate of drug-likeness (QED) is 0.120. The molecule has 15 heteroatoms. The number of rotatable bonds is 10. The molecule has 40 heavy (non-hydrogen) atoms. The molecule has 204 valence electrons. The predicted molar refractivity (Wildman–Crippen MR) is 152 cm³/mol. The van der Waals surface area contributed by atoms with Gasteiger partial charge in [-0.3, -0.25) is 20.2 Å². The number of ether oxygens (including phenoxy) is 1. The Balaban J connectivity index is 1.20. The number of carbonyl (C=O) groups is 2. The summed E-state index contributed by atoms with van der Waals surface area (Å²) in [7, 11) is 0. The second kappa shape index (κ2) is 13.5. The Kier molecular flexibility index (Phi) is 9.57. The first-order chi connectivity index (χ1) is 19.2. The van der Waals surface area contributed by atoms with Crippen molar-refractivity contribution >= 4 is 69.2 Å². The maximum Gasteiger partial charge on any atom is 0.325 e. The number of hydrazone groups is 1. The van der Waals surface area contributed by atoms with Crippen molar-refractivity contribution in [3.05, 3.63) is 103 Å². The number of aromatic nitrogens is 2. The monoisotopic (exact) mass is 599 g/mol. The lowest BCUT2D eigenvalue weighted by atomic mass is 10.2. The van der Waals surface area contributed by atoms with Crippen molar-refractivity contribution in [3.8, 4) is 5.75 Å². The van der Waals surface area contributed by atoms with E-state index in [1.165, 1.54) is 30.5 Å². The van der Waals surface area contributed by atoms with E-state index in [1.807, 2.05) is 0 Å². The topological polar surface area (TPSA) is 161 Å². The van der Waals surface area contributed by atoms with Gasteiger partial charge >= 0.3 is 6.03 Å². The average molecular weight is 600 g/mol. The Hall–Kier alpha value is -4.59. The van der Waals surface area contributed by atoms with Crippen molar-refractivity contribution in [1.29, 1.82) is 0 Å². The second-order valence-corrected chi connectivity index (χ2v) is 9.85. The number of benzene rings is 3. The molecule has 0 aliphatic rings. The maximum atomic E-state index is 12.2. The molecule has 0 aliphatic carbocycles. The number of amides is 3. The van der Waals surface area contributed by atoms with E-state index < -0.39 is 16.9 Å². The van der Waals surface area contributed by atoms with Gasteiger partial charge in [-0.05, 0) is 54.1 Å². The lowest BCUT2D eigenvalue weighted by Crippen LogP contribution is -2.19. The van der Waals surface area contributed by atoms with Gasteiger partial charge in [0.2, 0.25) is 11.0 Å². The van der Waals surface area contributed by atoms with Crippen LogP contribution in [0.15, 0.2) is 71.8 Å². The Morgan fingerprint density at radius 3 is 2.48 bits per heavy atom. The highest BCUT2D eigenvalue weighted by Gasteiger charge is 2.12. The largest absolute Gasteiger partial charge is 0.489 e. The zero-order valence-corrected chi connectivity index (χ0v) is 22.7. The Bertz CT molecular complexity index is 1550. The lowest BCUT2D eigenvalue weighted by Gasteiger charge is -2.08. The molecular formula is C25H19Cl2N7O5S. The van der Waals surface area contributed by atoms with Crippen molar-refractivity contribution in [1.82, 2.24) is 15.6 Å². The Morgan fingerprint density at radius 1 is 1.02 bits per heavy atom. The summed E-state index contributed by atoms with van der Waals surface area (Å²) in [5, 5.41) is 29.0. The van der Waals surface area contributed by atoms with Crippen molar-refractivity contribution in [3.63, 3.8) is 0 Å². The fraction of sp³-hybridized carbons (Fsp3) is 0.0800. The fourth-order valence-electron chi connectivity index (χ4n) is 3.11. The number of carbonyl (C=O) groups excluding carboxylic acids is 2. The third kappa shape index (κ3) is 8.46. The summed E-state index contributed by atoms with van der Waals surface area (Å²) in [6.07, 6.45) is 1.38. The number of nitro groups is 1. The number of nitrogens with one attached hydrogen (secondary N) is 3. The fourth-order valence-corrected chi connectivity index (χ4v) is 4.30. The van der Waals surface area contributed by atoms with Crippen molar-refractivity contribution in [2.75, 3.05) is 10.6 Å². The van der Waals surface area contributed by atoms with Gasteiger partial charge in [-0.1, -0.05) is 40.6 Å². The van der Waals surface area contributed by atoms with Crippen LogP contribution in [0.5, 0.6) is 5.75 Å². The number of halogens is 2. The van der Waals surface area contributed by atoms with Gasteiger partial charge in [-0.15, -0.1) is 10.2 Å². The molecule has 0 fully saturated rings. The first-order valence-corrected chi connectivity index (χ1v) is 13.0. The summed E-state index contributed by atoms with van der Waals surface area (Å²) >= 11 is 13.1. The summed E-state index contributed by atoms with van der Waals surface area (Å²) in [6, 6.07) is 17.0. The Morgan fingerprint density at radius 2 is 1.77 bits per heavy atom. The van der Waals surface area contributed by atoms with Gasteiger partial charge < -0.3 is 10.1 Å². The van der Waals surface area contributed by atoms with E-state index in [4.69, 9.17) is 27.9 Å². The zero-order chi connectivity index (χ0) is 28.5. The van der Waals surface area contributed by atoms with Gasteiger partial charge in [0.1, 0.15) is 17.4 Å². The first-order valence-electron chi connectivity index (χ1n) is 11.4. The van der Waals surface area contributed by atoms with E-state index in [-0.39, 0.29) is 23.8 Å². The number of non-ortho nitro benzene ring substituents is 1. The molecule has 0 spiro atoms. The highest BCUT2D eigenvalue weighted by molar-refractivity contribution is 7.15. The minimum Gasteiger partial charge on any atom is -0.489 e. The average Bonchev–Trinajstić information content (AvgIpc) is 3.35. The molecule has 4 rings (SSSR count). The van der Waals surface area contributed by atoms with Gasteiger partial charge in [0.25, 0.3) is 5.69 Å². The number of nitrogens with zero attached hydrogens (tertiary/aromatic N) is 4. The van der Waals surface area contributed by atoms with Crippen LogP contribution in [-0.2, 0) is 17.8 Å². The zero-order valence-electron chi connectivity index (χ0n) is 20.3. The van der Waals surface area contributed by atoms with Crippen molar-refractivity contribution < 1.29 is 19.2 Å². The van der Waals surface area contributed by atoms with Crippen LogP contribution in [0, 0.1) is 10.1 Å². The van der Waals surface area contributed by atoms with E-state index in [0.29, 0.717) is 26.5 Å². The standard InChI is InChI=1S/C25H19Cl2N7O5S/c26-17-4-3-16(21(27)11-17)14-39-20-9-1-15(2-10-20)13-28-31-22(35)12-23-32-33-25(40-23)30-24(36)29-18-5-7-19(8-6-18)34(37)38/h1-11,13H,12,14H2,(H,31,35)(H2,29,30,33,36)/b28-13-. The van der Waals surface area contributed by atoms with Crippen LogP contribution in [0.4, 0.5) is 21.3 Å². The van der Waals surface area contributed by atoms with E-state index in [9.17, 15) is 19.7 Å². The summed E-state index contributed by atoms with van der Waals surface area (Å²) in [6.45, 7) is 0.285. The van der Waals surface area contributed by atoms with Crippen LogP contribution in [0.1, 0.15) is 16.1 Å². The number of hydrogen-bond acceptors (Lipinski definition) is 9.